The molecule has 3 nitrogen and oxygen atoms in total. The molecular weight excluding hydrogens is 276 g/mol. The third-order valence-corrected chi connectivity index (χ3v) is 8.71. The van der Waals surface area contributed by atoms with Crippen LogP contribution in [0.2, 0.25) is 0 Å². The molecule has 22 heavy (non-hydrogen) atoms. The van der Waals surface area contributed by atoms with Crippen LogP contribution in [0.3, 0.4) is 0 Å². The van der Waals surface area contributed by atoms with Crippen LogP contribution in [-0.4, -0.2) is 22.8 Å². The fourth-order valence-corrected chi connectivity index (χ4v) is 7.35. The highest BCUT2D eigenvalue weighted by atomic mass is 16.6. The Morgan fingerprint density at radius 2 is 1.82 bits per heavy atom. The molecular formula is C19H26O3. The highest BCUT2D eigenvalue weighted by Crippen LogP contribution is 2.79. The van der Waals surface area contributed by atoms with Crippen LogP contribution in [0.15, 0.2) is 0 Å². The van der Waals surface area contributed by atoms with Crippen molar-refractivity contribution in [1.29, 1.82) is 0 Å². The second-order valence-corrected chi connectivity index (χ2v) is 9.15. The highest BCUT2D eigenvalue weighted by molar-refractivity contribution is 5.90. The van der Waals surface area contributed by atoms with E-state index in [1.807, 2.05) is 0 Å². The fraction of sp³-hybridized carbons (Fsp3) is 0.895. The van der Waals surface area contributed by atoms with Crippen molar-refractivity contribution in [1.82, 2.24) is 0 Å². The van der Waals surface area contributed by atoms with Gasteiger partial charge in [0.05, 0.1) is 5.41 Å². The van der Waals surface area contributed by atoms with Gasteiger partial charge in [0.15, 0.2) is 0 Å². The van der Waals surface area contributed by atoms with Crippen molar-refractivity contribution in [2.45, 2.75) is 82.8 Å². The van der Waals surface area contributed by atoms with Gasteiger partial charge in [0.1, 0.15) is 22.8 Å². The number of Topliss-reactive ketones (excluding diaryl/α,β-unsaturated/α-hetero) is 2. The van der Waals surface area contributed by atoms with E-state index in [-0.39, 0.29) is 22.0 Å². The lowest BCUT2D eigenvalue weighted by Gasteiger charge is -2.56. The van der Waals surface area contributed by atoms with Gasteiger partial charge >= 0.3 is 0 Å². The van der Waals surface area contributed by atoms with Gasteiger partial charge in [-0.25, -0.2) is 0 Å². The number of rotatable bonds is 0. The summed E-state index contributed by atoms with van der Waals surface area (Å²) in [5.74, 6) is 2.01. The number of carbonyl (C=O) groups excluding carboxylic acids is 2. The van der Waals surface area contributed by atoms with Gasteiger partial charge in [-0.15, -0.1) is 0 Å². The molecule has 5 fully saturated rings. The molecule has 5 aliphatic rings. The molecule has 0 radical (unpaired) electrons. The Kier molecular flexibility index (Phi) is 2.30. The fourth-order valence-electron chi connectivity index (χ4n) is 7.35. The van der Waals surface area contributed by atoms with E-state index in [4.69, 9.17) is 4.74 Å². The molecule has 5 unspecified atom stereocenters. The van der Waals surface area contributed by atoms with Crippen LogP contribution in [0.4, 0.5) is 0 Å². The Hall–Kier alpha value is -0.700. The summed E-state index contributed by atoms with van der Waals surface area (Å²) in [5.41, 5.74) is -0.146. The minimum absolute atomic E-state index is 0.0300. The number of hydrogen-bond donors (Lipinski definition) is 0. The van der Waals surface area contributed by atoms with Gasteiger partial charge in [0.25, 0.3) is 0 Å². The molecule has 0 aromatic heterocycles. The summed E-state index contributed by atoms with van der Waals surface area (Å²) in [4.78, 5) is 24.4. The molecule has 0 bridgehead atoms. The number of carbonyl (C=O) groups is 2. The summed E-state index contributed by atoms with van der Waals surface area (Å²) in [6.45, 7) is 4.59. The molecule has 2 spiro atoms. The smallest absolute Gasteiger partial charge is 0.141 e. The molecule has 1 heterocycles. The van der Waals surface area contributed by atoms with Crippen molar-refractivity contribution in [3.63, 3.8) is 0 Å². The Morgan fingerprint density at radius 3 is 2.64 bits per heavy atom. The molecule has 3 heteroatoms. The summed E-state index contributed by atoms with van der Waals surface area (Å²) >= 11 is 0. The molecule has 1 aliphatic heterocycles. The van der Waals surface area contributed by atoms with Crippen molar-refractivity contribution >= 4 is 11.6 Å². The number of epoxide rings is 1. The van der Waals surface area contributed by atoms with Gasteiger partial charge in [-0.3, -0.25) is 9.59 Å². The van der Waals surface area contributed by atoms with E-state index >= 15 is 0 Å². The van der Waals surface area contributed by atoms with Crippen molar-refractivity contribution in [2.75, 3.05) is 0 Å². The normalized spacial score (nSPS) is 59.4. The topological polar surface area (TPSA) is 46.7 Å². The second-order valence-electron chi connectivity index (χ2n) is 9.15. The van der Waals surface area contributed by atoms with Crippen LogP contribution < -0.4 is 0 Å². The summed E-state index contributed by atoms with van der Waals surface area (Å²) < 4.78 is 6.59. The van der Waals surface area contributed by atoms with E-state index in [1.165, 1.54) is 0 Å². The maximum absolute atomic E-state index is 12.5. The van der Waals surface area contributed by atoms with Crippen LogP contribution in [-0.2, 0) is 14.3 Å². The molecule has 5 rings (SSSR count). The van der Waals surface area contributed by atoms with Crippen molar-refractivity contribution in [3.05, 3.63) is 0 Å². The first kappa shape index (κ1) is 13.7. The van der Waals surface area contributed by atoms with Crippen molar-refractivity contribution in [3.8, 4) is 0 Å². The molecule has 4 saturated carbocycles. The first-order valence-corrected chi connectivity index (χ1v) is 9.13. The zero-order valence-corrected chi connectivity index (χ0v) is 13.7. The molecule has 0 N–H and O–H groups in total. The van der Waals surface area contributed by atoms with E-state index in [1.54, 1.807) is 0 Å². The quantitative estimate of drug-likeness (QED) is 0.644. The molecule has 1 saturated heterocycles. The lowest BCUT2D eigenvalue weighted by atomic mass is 9.45. The zero-order chi connectivity index (χ0) is 15.4. The van der Waals surface area contributed by atoms with E-state index in [9.17, 15) is 9.59 Å². The standard InChI is InChI=1S/C19H26O3/c1-16-7-4-13(20)11-12(16)3-9-18-14(16)5-8-17(2)15(21)6-10-19(17,18)22-18/h12,14H,3-11H2,1-2H3/t12-,14?,16?,17?,18?,19?/m0/s1. The SMILES string of the molecule is CC12CCC(=O)C[C@@H]1CCC13OC14CCC(=O)C4(C)CCC23. The summed E-state index contributed by atoms with van der Waals surface area (Å²) in [6.07, 6.45) is 8.53. The Bertz CT molecular complexity index is 597. The maximum Gasteiger partial charge on any atom is 0.141 e. The first-order valence-electron chi connectivity index (χ1n) is 9.13. The lowest BCUT2D eigenvalue weighted by molar-refractivity contribution is -0.134. The van der Waals surface area contributed by atoms with Gasteiger partial charge in [-0.05, 0) is 62.7 Å². The van der Waals surface area contributed by atoms with Gasteiger partial charge in [-0.2, -0.15) is 0 Å². The Balaban J connectivity index is 1.57. The van der Waals surface area contributed by atoms with Gasteiger partial charge < -0.3 is 4.74 Å². The van der Waals surface area contributed by atoms with Crippen LogP contribution in [0.5, 0.6) is 0 Å². The van der Waals surface area contributed by atoms with E-state index in [0.717, 1.165) is 51.4 Å². The molecule has 0 aromatic rings. The Labute approximate surface area is 132 Å². The molecule has 0 amide bonds. The van der Waals surface area contributed by atoms with Crippen molar-refractivity contribution < 1.29 is 14.3 Å². The van der Waals surface area contributed by atoms with Crippen LogP contribution >= 0.6 is 0 Å². The van der Waals surface area contributed by atoms with Gasteiger partial charge in [-0.1, -0.05) is 6.92 Å². The average molecular weight is 302 g/mol. The second kappa shape index (κ2) is 3.68. The summed E-state index contributed by atoms with van der Waals surface area (Å²) in [5, 5.41) is 0. The number of fused-ring (bicyclic) bond motifs is 2. The number of ether oxygens (including phenoxy) is 1. The van der Waals surface area contributed by atoms with Crippen LogP contribution in [0.25, 0.3) is 0 Å². The summed E-state index contributed by atoms with van der Waals surface area (Å²) in [7, 11) is 0. The predicted octanol–water partition coefficient (Wildman–Crippen LogP) is 3.44. The van der Waals surface area contributed by atoms with Gasteiger partial charge in [0, 0.05) is 19.3 Å². The number of hydrogen-bond acceptors (Lipinski definition) is 3. The molecule has 4 aliphatic carbocycles. The third-order valence-electron chi connectivity index (χ3n) is 8.71. The molecule has 120 valence electrons. The van der Waals surface area contributed by atoms with Gasteiger partial charge in [0.2, 0.25) is 0 Å². The van der Waals surface area contributed by atoms with E-state index in [2.05, 4.69) is 13.8 Å². The largest absolute Gasteiger partial charge is 0.361 e. The highest BCUT2D eigenvalue weighted by Gasteiger charge is 2.86. The monoisotopic (exact) mass is 302 g/mol. The minimum Gasteiger partial charge on any atom is -0.361 e. The maximum atomic E-state index is 12.5. The van der Waals surface area contributed by atoms with E-state index < -0.39 is 0 Å². The van der Waals surface area contributed by atoms with E-state index in [0.29, 0.717) is 29.8 Å². The number of ketones is 2. The third kappa shape index (κ3) is 1.20. The van der Waals surface area contributed by atoms with Crippen LogP contribution in [0.1, 0.15) is 71.6 Å². The lowest BCUT2D eigenvalue weighted by Crippen LogP contribution is -2.58. The Morgan fingerprint density at radius 1 is 1.00 bits per heavy atom. The minimum atomic E-state index is -0.225. The molecule has 0 aromatic carbocycles. The zero-order valence-electron chi connectivity index (χ0n) is 13.7. The average Bonchev–Trinajstić information content (AvgIpc) is 3.09. The predicted molar refractivity (Wildman–Crippen MR) is 81.3 cm³/mol. The molecule has 6 atom stereocenters. The first-order chi connectivity index (χ1) is 10.4. The van der Waals surface area contributed by atoms with Crippen LogP contribution in [0, 0.1) is 22.7 Å². The van der Waals surface area contributed by atoms with Crippen molar-refractivity contribution in [2.24, 2.45) is 22.7 Å². The summed E-state index contributed by atoms with van der Waals surface area (Å²) in [6, 6.07) is 0.